The van der Waals surface area contributed by atoms with E-state index in [0.29, 0.717) is 17.8 Å². The van der Waals surface area contributed by atoms with Gasteiger partial charge in [0.2, 0.25) is 0 Å². The standard InChI is InChI=1S/C21H30N2O2/c1-16(8-9-17-10-12-19(24)13-11-17)22-15-21(23(2)3)18-6-5-7-20(14-18)25-4/h5-7,10-14,16,21-22,24H,8-9,15H2,1-4H3. The van der Waals surface area contributed by atoms with E-state index in [-0.39, 0.29) is 0 Å². The summed E-state index contributed by atoms with van der Waals surface area (Å²) in [6.07, 6.45) is 2.06. The van der Waals surface area contributed by atoms with Gasteiger partial charge in [0.05, 0.1) is 7.11 Å². The Kier molecular flexibility index (Phi) is 7.29. The first-order chi connectivity index (χ1) is 12.0. The summed E-state index contributed by atoms with van der Waals surface area (Å²) in [5.41, 5.74) is 2.51. The summed E-state index contributed by atoms with van der Waals surface area (Å²) in [4.78, 5) is 2.23. The maximum absolute atomic E-state index is 9.35. The first kappa shape index (κ1) is 19.3. The van der Waals surface area contributed by atoms with Crippen LogP contribution in [0.4, 0.5) is 0 Å². The summed E-state index contributed by atoms with van der Waals surface area (Å²) in [6.45, 7) is 3.11. The van der Waals surface area contributed by atoms with E-state index in [1.807, 2.05) is 24.3 Å². The van der Waals surface area contributed by atoms with Gasteiger partial charge in [0.1, 0.15) is 11.5 Å². The fourth-order valence-electron chi connectivity index (χ4n) is 2.91. The molecule has 0 saturated carbocycles. The number of likely N-dealkylation sites (N-methyl/N-ethyl adjacent to an activating group) is 1. The lowest BCUT2D eigenvalue weighted by Crippen LogP contribution is -2.36. The van der Waals surface area contributed by atoms with Crippen molar-refractivity contribution in [2.75, 3.05) is 27.7 Å². The van der Waals surface area contributed by atoms with Crippen molar-refractivity contribution in [1.29, 1.82) is 0 Å². The third kappa shape index (κ3) is 6.07. The maximum Gasteiger partial charge on any atom is 0.119 e. The van der Waals surface area contributed by atoms with Crippen LogP contribution in [-0.4, -0.2) is 43.8 Å². The molecule has 0 aromatic heterocycles. The van der Waals surface area contributed by atoms with E-state index < -0.39 is 0 Å². The molecule has 2 atom stereocenters. The second-order valence-electron chi connectivity index (χ2n) is 6.77. The number of phenolic OH excluding ortho intramolecular Hbond substituents is 1. The minimum Gasteiger partial charge on any atom is -0.508 e. The Hall–Kier alpha value is -2.04. The van der Waals surface area contributed by atoms with E-state index >= 15 is 0 Å². The number of phenols is 1. The van der Waals surface area contributed by atoms with Crippen molar-refractivity contribution in [3.8, 4) is 11.5 Å². The molecular weight excluding hydrogens is 312 g/mol. The van der Waals surface area contributed by atoms with E-state index in [0.717, 1.165) is 25.1 Å². The lowest BCUT2D eigenvalue weighted by molar-refractivity contribution is 0.278. The molecule has 2 rings (SSSR count). The number of methoxy groups -OCH3 is 1. The summed E-state index contributed by atoms with van der Waals surface area (Å²) < 4.78 is 5.35. The zero-order chi connectivity index (χ0) is 18.2. The van der Waals surface area contributed by atoms with E-state index in [2.05, 4.69) is 43.4 Å². The summed E-state index contributed by atoms with van der Waals surface area (Å²) in [6, 6.07) is 16.5. The number of aryl methyl sites for hydroxylation is 1. The van der Waals surface area contributed by atoms with Crippen LogP contribution in [0.3, 0.4) is 0 Å². The number of aromatic hydroxyl groups is 1. The summed E-state index contributed by atoms with van der Waals surface area (Å²) in [7, 11) is 5.91. The van der Waals surface area contributed by atoms with E-state index in [9.17, 15) is 5.11 Å². The van der Waals surface area contributed by atoms with Crippen LogP contribution in [0.1, 0.15) is 30.5 Å². The predicted octanol–water partition coefficient (Wildman–Crippen LogP) is 3.61. The number of nitrogens with zero attached hydrogens (tertiary/aromatic N) is 1. The number of nitrogens with one attached hydrogen (secondary N) is 1. The first-order valence-corrected chi connectivity index (χ1v) is 8.81. The molecule has 0 aliphatic rings. The minimum atomic E-state index is 0.297. The molecule has 0 saturated heterocycles. The summed E-state index contributed by atoms with van der Waals surface area (Å²) >= 11 is 0. The van der Waals surface area contributed by atoms with Crippen LogP contribution in [0.2, 0.25) is 0 Å². The first-order valence-electron chi connectivity index (χ1n) is 8.81. The molecule has 136 valence electrons. The van der Waals surface area contributed by atoms with Crippen molar-refractivity contribution >= 4 is 0 Å². The molecule has 4 heteroatoms. The predicted molar refractivity (Wildman–Crippen MR) is 103 cm³/mol. The third-order valence-corrected chi connectivity index (χ3v) is 4.56. The average Bonchev–Trinajstić information content (AvgIpc) is 2.61. The second-order valence-corrected chi connectivity index (χ2v) is 6.77. The van der Waals surface area contributed by atoms with Crippen LogP contribution in [0.25, 0.3) is 0 Å². The molecule has 2 N–H and O–H groups in total. The monoisotopic (exact) mass is 342 g/mol. The molecule has 2 aromatic carbocycles. The largest absolute Gasteiger partial charge is 0.508 e. The van der Waals surface area contributed by atoms with Crippen LogP contribution in [0, 0.1) is 0 Å². The quantitative estimate of drug-likeness (QED) is 0.731. The SMILES string of the molecule is COc1cccc(C(CNC(C)CCc2ccc(O)cc2)N(C)C)c1. The van der Waals surface area contributed by atoms with Crippen molar-refractivity contribution in [3.05, 3.63) is 59.7 Å². The Balaban J connectivity index is 1.88. The van der Waals surface area contributed by atoms with Crippen molar-refractivity contribution < 1.29 is 9.84 Å². The Morgan fingerprint density at radius 3 is 2.48 bits per heavy atom. The van der Waals surface area contributed by atoms with E-state index in [4.69, 9.17) is 4.74 Å². The van der Waals surface area contributed by atoms with Crippen LogP contribution in [0.5, 0.6) is 11.5 Å². The summed E-state index contributed by atoms with van der Waals surface area (Å²) in [5.74, 6) is 1.21. The lowest BCUT2D eigenvalue weighted by Gasteiger charge is -2.27. The number of ether oxygens (including phenoxy) is 1. The van der Waals surface area contributed by atoms with Gasteiger partial charge in [-0.1, -0.05) is 24.3 Å². The fraction of sp³-hybridized carbons (Fsp3) is 0.429. The fourth-order valence-corrected chi connectivity index (χ4v) is 2.91. The van der Waals surface area contributed by atoms with Crippen molar-refractivity contribution in [2.24, 2.45) is 0 Å². The number of rotatable bonds is 9. The van der Waals surface area contributed by atoms with Crippen molar-refractivity contribution in [3.63, 3.8) is 0 Å². The Bertz CT molecular complexity index is 641. The van der Waals surface area contributed by atoms with Gasteiger partial charge in [-0.15, -0.1) is 0 Å². The third-order valence-electron chi connectivity index (χ3n) is 4.56. The lowest BCUT2D eigenvalue weighted by atomic mass is 10.0. The van der Waals surface area contributed by atoms with Gasteiger partial charge >= 0.3 is 0 Å². The zero-order valence-electron chi connectivity index (χ0n) is 15.7. The van der Waals surface area contributed by atoms with Crippen molar-refractivity contribution in [1.82, 2.24) is 10.2 Å². The van der Waals surface area contributed by atoms with Crippen LogP contribution < -0.4 is 10.1 Å². The van der Waals surface area contributed by atoms with Gasteiger partial charge < -0.3 is 20.1 Å². The van der Waals surface area contributed by atoms with Gasteiger partial charge in [0.15, 0.2) is 0 Å². The van der Waals surface area contributed by atoms with Gasteiger partial charge in [-0.05, 0) is 69.3 Å². The normalized spacial score (nSPS) is 13.6. The molecule has 25 heavy (non-hydrogen) atoms. The van der Waals surface area contributed by atoms with E-state index in [1.165, 1.54) is 11.1 Å². The highest BCUT2D eigenvalue weighted by molar-refractivity contribution is 5.31. The van der Waals surface area contributed by atoms with Crippen LogP contribution in [0.15, 0.2) is 48.5 Å². The molecule has 0 aliphatic heterocycles. The van der Waals surface area contributed by atoms with Gasteiger partial charge in [-0.3, -0.25) is 0 Å². The highest BCUT2D eigenvalue weighted by Gasteiger charge is 2.15. The summed E-state index contributed by atoms with van der Waals surface area (Å²) in [5, 5.41) is 13.0. The molecule has 0 amide bonds. The Labute approximate surface area is 151 Å². The molecule has 0 heterocycles. The molecule has 0 fully saturated rings. The van der Waals surface area contributed by atoms with E-state index in [1.54, 1.807) is 19.2 Å². The minimum absolute atomic E-state index is 0.297. The van der Waals surface area contributed by atoms with Crippen molar-refractivity contribution in [2.45, 2.75) is 31.8 Å². The number of hydrogen-bond donors (Lipinski definition) is 2. The Morgan fingerprint density at radius 2 is 1.84 bits per heavy atom. The molecule has 0 aliphatic carbocycles. The van der Waals surface area contributed by atoms with Gasteiger partial charge in [-0.25, -0.2) is 0 Å². The van der Waals surface area contributed by atoms with Gasteiger partial charge in [0, 0.05) is 18.6 Å². The van der Waals surface area contributed by atoms with Gasteiger partial charge in [0.25, 0.3) is 0 Å². The molecular formula is C21H30N2O2. The van der Waals surface area contributed by atoms with Gasteiger partial charge in [-0.2, -0.15) is 0 Å². The molecule has 0 radical (unpaired) electrons. The molecule has 2 aromatic rings. The molecule has 4 nitrogen and oxygen atoms in total. The second kappa shape index (κ2) is 9.44. The molecule has 0 spiro atoms. The smallest absolute Gasteiger partial charge is 0.119 e. The number of hydrogen-bond acceptors (Lipinski definition) is 4. The number of benzene rings is 2. The molecule has 0 bridgehead atoms. The molecule has 2 unspecified atom stereocenters. The zero-order valence-corrected chi connectivity index (χ0v) is 15.7. The Morgan fingerprint density at radius 1 is 1.12 bits per heavy atom. The van der Waals surface area contributed by atoms with Crippen LogP contribution >= 0.6 is 0 Å². The topological polar surface area (TPSA) is 44.7 Å². The highest BCUT2D eigenvalue weighted by atomic mass is 16.5. The van der Waals surface area contributed by atoms with Crippen LogP contribution in [-0.2, 0) is 6.42 Å². The highest BCUT2D eigenvalue weighted by Crippen LogP contribution is 2.22. The maximum atomic E-state index is 9.35. The average molecular weight is 342 g/mol.